The summed E-state index contributed by atoms with van der Waals surface area (Å²) in [7, 11) is 0. The van der Waals surface area contributed by atoms with Crippen molar-refractivity contribution in [3.8, 4) is 0 Å². The van der Waals surface area contributed by atoms with Crippen molar-refractivity contribution in [2.75, 3.05) is 0 Å². The average molecular weight is 202 g/mol. The number of rotatable bonds is 3. The Hall–Kier alpha value is -1.64. The molecule has 1 aromatic heterocycles. The molecule has 0 unspecified atom stereocenters. The zero-order chi connectivity index (χ0) is 10.7. The van der Waals surface area contributed by atoms with Gasteiger partial charge in [0.2, 0.25) is 0 Å². The standard InChI is InChI=1S/C12H14N2O/c1-2-3-8-11-9-6-4-5-7-10(9)12(15)14-13-11/h4-7H,2-3,8H2,1H3,(H,14,15). The highest BCUT2D eigenvalue weighted by Gasteiger charge is 2.04. The van der Waals surface area contributed by atoms with E-state index in [0.29, 0.717) is 0 Å². The smallest absolute Gasteiger partial charge is 0.267 e. The second-order valence-electron chi connectivity index (χ2n) is 3.65. The second kappa shape index (κ2) is 4.26. The van der Waals surface area contributed by atoms with E-state index < -0.39 is 0 Å². The number of hydrogen-bond donors (Lipinski definition) is 1. The Morgan fingerprint density at radius 2 is 2.00 bits per heavy atom. The number of aryl methyl sites for hydroxylation is 1. The molecule has 0 aliphatic carbocycles. The van der Waals surface area contributed by atoms with Crippen LogP contribution in [0, 0.1) is 0 Å². The van der Waals surface area contributed by atoms with Crippen LogP contribution in [0.2, 0.25) is 0 Å². The predicted octanol–water partition coefficient (Wildman–Crippen LogP) is 2.27. The van der Waals surface area contributed by atoms with Crippen LogP contribution in [0.25, 0.3) is 10.8 Å². The number of fused-ring (bicyclic) bond motifs is 1. The summed E-state index contributed by atoms with van der Waals surface area (Å²) in [5.41, 5.74) is 0.887. The maximum atomic E-state index is 11.5. The molecule has 0 spiro atoms. The molecule has 78 valence electrons. The third-order valence-electron chi connectivity index (χ3n) is 2.54. The van der Waals surface area contributed by atoms with Crippen LogP contribution >= 0.6 is 0 Å². The molecule has 1 heterocycles. The molecular formula is C12H14N2O. The molecule has 1 N–H and O–H groups in total. The fraction of sp³-hybridized carbons (Fsp3) is 0.333. The summed E-state index contributed by atoms with van der Waals surface area (Å²) in [4.78, 5) is 11.5. The van der Waals surface area contributed by atoms with Crippen molar-refractivity contribution >= 4 is 10.8 Å². The van der Waals surface area contributed by atoms with Gasteiger partial charge in [0, 0.05) is 5.39 Å². The molecule has 2 rings (SSSR count). The van der Waals surface area contributed by atoms with Gasteiger partial charge in [-0.05, 0) is 18.9 Å². The normalized spacial score (nSPS) is 10.7. The first-order valence-corrected chi connectivity index (χ1v) is 5.29. The molecule has 0 atom stereocenters. The van der Waals surface area contributed by atoms with E-state index in [-0.39, 0.29) is 5.56 Å². The molecule has 0 saturated carbocycles. The summed E-state index contributed by atoms with van der Waals surface area (Å²) in [5.74, 6) is 0. The molecule has 0 amide bonds. The Morgan fingerprint density at radius 1 is 1.27 bits per heavy atom. The number of aromatic amines is 1. The van der Waals surface area contributed by atoms with Gasteiger partial charge in [-0.15, -0.1) is 0 Å². The summed E-state index contributed by atoms with van der Waals surface area (Å²) in [6.45, 7) is 2.15. The highest BCUT2D eigenvalue weighted by molar-refractivity contribution is 5.83. The van der Waals surface area contributed by atoms with Gasteiger partial charge in [0.05, 0.1) is 11.1 Å². The highest BCUT2D eigenvalue weighted by Crippen LogP contribution is 2.14. The van der Waals surface area contributed by atoms with E-state index in [4.69, 9.17) is 0 Å². The van der Waals surface area contributed by atoms with Gasteiger partial charge in [-0.2, -0.15) is 5.10 Å². The van der Waals surface area contributed by atoms with Gasteiger partial charge in [0.15, 0.2) is 0 Å². The zero-order valence-electron chi connectivity index (χ0n) is 8.79. The van der Waals surface area contributed by atoms with Gasteiger partial charge < -0.3 is 0 Å². The van der Waals surface area contributed by atoms with Crippen LogP contribution < -0.4 is 5.56 Å². The first-order chi connectivity index (χ1) is 7.33. The van der Waals surface area contributed by atoms with Crippen molar-refractivity contribution in [1.29, 1.82) is 0 Å². The van der Waals surface area contributed by atoms with E-state index in [2.05, 4.69) is 17.1 Å². The molecule has 0 fully saturated rings. The summed E-state index contributed by atoms with van der Waals surface area (Å²) in [6, 6.07) is 7.62. The van der Waals surface area contributed by atoms with Gasteiger partial charge in [0.1, 0.15) is 0 Å². The van der Waals surface area contributed by atoms with Crippen molar-refractivity contribution < 1.29 is 0 Å². The fourth-order valence-corrected chi connectivity index (χ4v) is 1.71. The first-order valence-electron chi connectivity index (χ1n) is 5.29. The number of nitrogens with zero attached hydrogens (tertiary/aromatic N) is 1. The van der Waals surface area contributed by atoms with Crippen LogP contribution in [0.4, 0.5) is 0 Å². The van der Waals surface area contributed by atoms with Crippen LogP contribution in [0.3, 0.4) is 0 Å². The van der Waals surface area contributed by atoms with Crippen molar-refractivity contribution in [3.05, 3.63) is 40.3 Å². The third kappa shape index (κ3) is 1.91. The molecule has 0 bridgehead atoms. The largest absolute Gasteiger partial charge is 0.272 e. The minimum Gasteiger partial charge on any atom is -0.267 e. The average Bonchev–Trinajstić information content (AvgIpc) is 2.29. The van der Waals surface area contributed by atoms with Gasteiger partial charge in [-0.3, -0.25) is 4.79 Å². The molecule has 3 heteroatoms. The van der Waals surface area contributed by atoms with E-state index in [0.717, 1.165) is 35.7 Å². The van der Waals surface area contributed by atoms with E-state index in [1.165, 1.54) is 0 Å². The molecular weight excluding hydrogens is 188 g/mol. The van der Waals surface area contributed by atoms with E-state index >= 15 is 0 Å². The van der Waals surface area contributed by atoms with Gasteiger partial charge in [-0.25, -0.2) is 5.10 Å². The molecule has 2 aromatic rings. The van der Waals surface area contributed by atoms with Crippen molar-refractivity contribution in [3.63, 3.8) is 0 Å². The Bertz CT molecular complexity index is 516. The number of nitrogens with one attached hydrogen (secondary N) is 1. The topological polar surface area (TPSA) is 45.8 Å². The van der Waals surface area contributed by atoms with Crippen LogP contribution in [-0.2, 0) is 6.42 Å². The number of hydrogen-bond acceptors (Lipinski definition) is 2. The van der Waals surface area contributed by atoms with Crippen LogP contribution in [-0.4, -0.2) is 10.2 Å². The summed E-state index contributed by atoms with van der Waals surface area (Å²) in [5, 5.41) is 8.37. The Balaban J connectivity index is 2.56. The highest BCUT2D eigenvalue weighted by atomic mass is 16.1. The Kier molecular flexibility index (Phi) is 2.81. The summed E-state index contributed by atoms with van der Waals surface area (Å²) in [6.07, 6.45) is 3.16. The molecule has 0 radical (unpaired) electrons. The first kappa shape index (κ1) is 9.90. The Morgan fingerprint density at radius 3 is 2.73 bits per heavy atom. The number of unbranched alkanes of at least 4 members (excludes halogenated alkanes) is 1. The van der Waals surface area contributed by atoms with Crippen molar-refractivity contribution in [2.45, 2.75) is 26.2 Å². The summed E-state index contributed by atoms with van der Waals surface area (Å²) < 4.78 is 0. The van der Waals surface area contributed by atoms with Crippen molar-refractivity contribution in [1.82, 2.24) is 10.2 Å². The molecule has 15 heavy (non-hydrogen) atoms. The molecule has 0 aliphatic rings. The van der Waals surface area contributed by atoms with Gasteiger partial charge in [-0.1, -0.05) is 31.5 Å². The van der Waals surface area contributed by atoms with Gasteiger partial charge >= 0.3 is 0 Å². The minimum atomic E-state index is -0.106. The predicted molar refractivity (Wildman–Crippen MR) is 61.0 cm³/mol. The van der Waals surface area contributed by atoms with E-state index in [1.807, 2.05) is 24.3 Å². The number of aromatic nitrogens is 2. The number of H-pyrrole nitrogens is 1. The lowest BCUT2D eigenvalue weighted by Crippen LogP contribution is -2.10. The monoisotopic (exact) mass is 202 g/mol. The molecule has 0 aliphatic heterocycles. The summed E-state index contributed by atoms with van der Waals surface area (Å²) >= 11 is 0. The van der Waals surface area contributed by atoms with Crippen LogP contribution in [0.1, 0.15) is 25.5 Å². The third-order valence-corrected chi connectivity index (χ3v) is 2.54. The molecule has 1 aromatic carbocycles. The molecule has 3 nitrogen and oxygen atoms in total. The lowest BCUT2D eigenvalue weighted by molar-refractivity contribution is 0.764. The van der Waals surface area contributed by atoms with Crippen molar-refractivity contribution in [2.24, 2.45) is 0 Å². The quantitative estimate of drug-likeness (QED) is 0.829. The van der Waals surface area contributed by atoms with E-state index in [1.54, 1.807) is 0 Å². The number of benzene rings is 1. The van der Waals surface area contributed by atoms with E-state index in [9.17, 15) is 4.79 Å². The zero-order valence-corrected chi connectivity index (χ0v) is 8.79. The Labute approximate surface area is 88.1 Å². The fourth-order valence-electron chi connectivity index (χ4n) is 1.71. The SMILES string of the molecule is CCCCc1n[nH]c(=O)c2ccccc12. The van der Waals surface area contributed by atoms with Gasteiger partial charge in [0.25, 0.3) is 5.56 Å². The maximum absolute atomic E-state index is 11.5. The minimum absolute atomic E-state index is 0.106. The molecule has 0 saturated heterocycles. The van der Waals surface area contributed by atoms with Crippen LogP contribution in [0.5, 0.6) is 0 Å². The lowest BCUT2D eigenvalue weighted by Gasteiger charge is -2.03. The lowest BCUT2D eigenvalue weighted by atomic mass is 10.1. The van der Waals surface area contributed by atoms with Crippen LogP contribution in [0.15, 0.2) is 29.1 Å². The second-order valence-corrected chi connectivity index (χ2v) is 3.65. The maximum Gasteiger partial charge on any atom is 0.272 e.